The normalized spacial score (nSPS) is 29.5. The van der Waals surface area contributed by atoms with Gasteiger partial charge in [0.1, 0.15) is 6.61 Å². The predicted octanol–water partition coefficient (Wildman–Crippen LogP) is 2.70. The first-order valence-corrected chi connectivity index (χ1v) is 9.31. The molecule has 21 heavy (non-hydrogen) atoms. The van der Waals surface area contributed by atoms with Gasteiger partial charge >= 0.3 is 0 Å². The van der Waals surface area contributed by atoms with Crippen molar-refractivity contribution in [3.8, 4) is 0 Å². The number of likely N-dealkylation sites (N-methyl/N-ethyl adjacent to an activating group) is 1. The molecule has 1 heterocycles. The number of thioether (sulfide) groups is 1. The smallest absolute Gasteiger partial charge is 0.248 e. The Hall–Kier alpha value is -0.260. The van der Waals surface area contributed by atoms with E-state index in [4.69, 9.17) is 9.47 Å². The maximum atomic E-state index is 12.3. The van der Waals surface area contributed by atoms with E-state index in [1.165, 1.54) is 18.6 Å². The van der Waals surface area contributed by atoms with Crippen molar-refractivity contribution in [2.45, 2.75) is 62.9 Å². The van der Waals surface area contributed by atoms with Crippen LogP contribution in [0.5, 0.6) is 0 Å². The zero-order valence-corrected chi connectivity index (χ0v) is 14.2. The first-order chi connectivity index (χ1) is 10.2. The molecule has 2 fully saturated rings. The van der Waals surface area contributed by atoms with Gasteiger partial charge in [0.05, 0.1) is 12.2 Å². The van der Waals surface area contributed by atoms with Crippen LogP contribution in [0.4, 0.5) is 0 Å². The van der Waals surface area contributed by atoms with Gasteiger partial charge in [-0.3, -0.25) is 4.79 Å². The third-order valence-corrected chi connectivity index (χ3v) is 5.96. The van der Waals surface area contributed by atoms with Gasteiger partial charge in [0, 0.05) is 25.4 Å². The molecule has 1 saturated heterocycles. The highest BCUT2D eigenvalue weighted by Crippen LogP contribution is 2.27. The van der Waals surface area contributed by atoms with Crippen molar-refractivity contribution in [2.75, 3.05) is 32.6 Å². The van der Waals surface area contributed by atoms with Crippen molar-refractivity contribution < 1.29 is 14.3 Å². The highest BCUT2D eigenvalue weighted by Gasteiger charge is 2.24. The second kappa shape index (κ2) is 9.01. The zero-order chi connectivity index (χ0) is 15.1. The molecule has 1 aliphatic carbocycles. The second-order valence-corrected chi connectivity index (χ2v) is 7.42. The number of methoxy groups -OCH3 is 1. The van der Waals surface area contributed by atoms with Crippen LogP contribution in [0, 0.1) is 0 Å². The molecule has 2 aliphatic rings. The van der Waals surface area contributed by atoms with Crippen LogP contribution < -0.4 is 0 Å². The third-order valence-electron chi connectivity index (χ3n) is 4.58. The predicted molar refractivity (Wildman–Crippen MR) is 86.7 cm³/mol. The summed E-state index contributed by atoms with van der Waals surface area (Å²) in [6.45, 7) is 3.98. The standard InChI is InChI=1S/C16H29NO3S/c1-3-17(11-15-5-4-10-21-15)16(18)12-20-14-8-6-13(19-2)7-9-14/h13-15H,3-12H2,1-2H3. The van der Waals surface area contributed by atoms with E-state index in [1.807, 2.05) is 16.7 Å². The molecule has 4 nitrogen and oxygen atoms in total. The van der Waals surface area contributed by atoms with Crippen molar-refractivity contribution in [3.05, 3.63) is 0 Å². The summed E-state index contributed by atoms with van der Waals surface area (Å²) in [5, 5.41) is 0.631. The first-order valence-electron chi connectivity index (χ1n) is 8.26. The molecule has 0 aromatic carbocycles. The fourth-order valence-corrected chi connectivity index (χ4v) is 4.44. The van der Waals surface area contributed by atoms with Gasteiger partial charge in [-0.2, -0.15) is 11.8 Å². The lowest BCUT2D eigenvalue weighted by Crippen LogP contribution is -2.39. The number of carbonyl (C=O) groups excluding carboxylic acids is 1. The van der Waals surface area contributed by atoms with Crippen molar-refractivity contribution in [2.24, 2.45) is 0 Å². The number of nitrogens with zero attached hydrogens (tertiary/aromatic N) is 1. The number of ether oxygens (including phenoxy) is 2. The summed E-state index contributed by atoms with van der Waals surface area (Å²) in [7, 11) is 1.77. The van der Waals surface area contributed by atoms with E-state index in [-0.39, 0.29) is 18.6 Å². The molecule has 1 atom stereocenters. The third kappa shape index (κ3) is 5.46. The van der Waals surface area contributed by atoms with Crippen LogP contribution >= 0.6 is 11.8 Å². The minimum absolute atomic E-state index is 0.152. The van der Waals surface area contributed by atoms with E-state index in [1.54, 1.807) is 7.11 Å². The van der Waals surface area contributed by atoms with E-state index < -0.39 is 0 Å². The molecular weight excluding hydrogens is 286 g/mol. The van der Waals surface area contributed by atoms with Gasteiger partial charge in [-0.05, 0) is 51.2 Å². The Morgan fingerprint density at radius 2 is 1.90 bits per heavy atom. The maximum Gasteiger partial charge on any atom is 0.248 e. The second-order valence-electron chi connectivity index (χ2n) is 6.01. The molecule has 0 aromatic heterocycles. The van der Waals surface area contributed by atoms with Crippen molar-refractivity contribution in [1.29, 1.82) is 0 Å². The fourth-order valence-electron chi connectivity index (χ4n) is 3.16. The van der Waals surface area contributed by atoms with E-state index in [0.29, 0.717) is 11.4 Å². The van der Waals surface area contributed by atoms with Gasteiger partial charge in [0.25, 0.3) is 0 Å². The minimum Gasteiger partial charge on any atom is -0.381 e. The molecule has 0 spiro atoms. The summed E-state index contributed by atoms with van der Waals surface area (Å²) in [4.78, 5) is 14.3. The Morgan fingerprint density at radius 3 is 2.48 bits per heavy atom. The number of hydrogen-bond donors (Lipinski definition) is 0. The molecule has 1 unspecified atom stereocenters. The Kier molecular flexibility index (Phi) is 7.34. The maximum absolute atomic E-state index is 12.3. The van der Waals surface area contributed by atoms with Crippen molar-refractivity contribution >= 4 is 17.7 Å². The van der Waals surface area contributed by atoms with Gasteiger partial charge in [-0.1, -0.05) is 0 Å². The summed E-state index contributed by atoms with van der Waals surface area (Å²) >= 11 is 2.00. The summed E-state index contributed by atoms with van der Waals surface area (Å²) < 4.78 is 11.2. The average Bonchev–Trinajstić information content (AvgIpc) is 3.03. The molecule has 1 saturated carbocycles. The van der Waals surface area contributed by atoms with Crippen LogP contribution in [0.1, 0.15) is 45.4 Å². The van der Waals surface area contributed by atoms with E-state index >= 15 is 0 Å². The molecule has 122 valence electrons. The zero-order valence-electron chi connectivity index (χ0n) is 13.4. The summed E-state index contributed by atoms with van der Waals surface area (Å²) in [5.74, 6) is 1.40. The molecule has 1 aliphatic heterocycles. The molecule has 2 rings (SSSR count). The van der Waals surface area contributed by atoms with Crippen LogP contribution in [0.2, 0.25) is 0 Å². The number of rotatable bonds is 7. The molecular formula is C16H29NO3S. The van der Waals surface area contributed by atoms with Gasteiger partial charge in [-0.15, -0.1) is 0 Å². The van der Waals surface area contributed by atoms with Gasteiger partial charge in [0.2, 0.25) is 5.91 Å². The lowest BCUT2D eigenvalue weighted by atomic mass is 9.95. The molecule has 0 N–H and O–H groups in total. The monoisotopic (exact) mass is 315 g/mol. The van der Waals surface area contributed by atoms with Gasteiger partial charge < -0.3 is 14.4 Å². The topological polar surface area (TPSA) is 38.8 Å². The Morgan fingerprint density at radius 1 is 1.19 bits per heavy atom. The SMILES string of the molecule is CCN(CC1CCCS1)C(=O)COC1CCC(OC)CC1. The van der Waals surface area contributed by atoms with Crippen molar-refractivity contribution in [1.82, 2.24) is 4.90 Å². The number of carbonyl (C=O) groups is 1. The Bertz CT molecular complexity index is 313. The largest absolute Gasteiger partial charge is 0.381 e. The van der Waals surface area contributed by atoms with E-state index in [2.05, 4.69) is 6.92 Å². The Labute approximate surface area is 132 Å². The van der Waals surface area contributed by atoms with Crippen LogP contribution in [-0.2, 0) is 14.3 Å². The molecule has 0 bridgehead atoms. The van der Waals surface area contributed by atoms with Crippen LogP contribution in [0.15, 0.2) is 0 Å². The highest BCUT2D eigenvalue weighted by atomic mass is 32.2. The number of amides is 1. The van der Waals surface area contributed by atoms with Crippen LogP contribution in [-0.4, -0.2) is 60.8 Å². The van der Waals surface area contributed by atoms with E-state index in [9.17, 15) is 4.79 Å². The van der Waals surface area contributed by atoms with Gasteiger partial charge in [0.15, 0.2) is 0 Å². The van der Waals surface area contributed by atoms with Crippen LogP contribution in [0.3, 0.4) is 0 Å². The molecule has 5 heteroatoms. The fraction of sp³-hybridized carbons (Fsp3) is 0.938. The summed E-state index contributed by atoms with van der Waals surface area (Å²) in [6.07, 6.45) is 7.27. The lowest BCUT2D eigenvalue weighted by molar-refractivity contribution is -0.139. The molecule has 0 radical (unpaired) electrons. The quantitative estimate of drug-likeness (QED) is 0.724. The van der Waals surface area contributed by atoms with Crippen molar-refractivity contribution in [3.63, 3.8) is 0 Å². The highest BCUT2D eigenvalue weighted by molar-refractivity contribution is 8.00. The molecule has 0 aromatic rings. The van der Waals surface area contributed by atoms with E-state index in [0.717, 1.165) is 38.8 Å². The minimum atomic E-state index is 0.152. The average molecular weight is 315 g/mol. The lowest BCUT2D eigenvalue weighted by Gasteiger charge is -2.29. The molecule has 1 amide bonds. The summed E-state index contributed by atoms with van der Waals surface area (Å²) in [6, 6.07) is 0. The number of hydrogen-bond acceptors (Lipinski definition) is 4. The van der Waals surface area contributed by atoms with Gasteiger partial charge in [-0.25, -0.2) is 0 Å². The van der Waals surface area contributed by atoms with Crippen LogP contribution in [0.25, 0.3) is 0 Å². The first kappa shape index (κ1) is 17.1. The summed E-state index contributed by atoms with van der Waals surface area (Å²) in [5.41, 5.74) is 0. The Balaban J connectivity index is 1.67.